The number of unbranched alkanes of at least 4 members (excludes halogenated alkanes) is 2. The van der Waals surface area contributed by atoms with E-state index in [2.05, 4.69) is 43.4 Å². The van der Waals surface area contributed by atoms with Gasteiger partial charge in [0.25, 0.3) is 0 Å². The van der Waals surface area contributed by atoms with Crippen LogP contribution in [0.15, 0.2) is 48.5 Å². The molecule has 24 heavy (non-hydrogen) atoms. The maximum Gasteiger partial charge on any atom is 0.119 e. The summed E-state index contributed by atoms with van der Waals surface area (Å²) in [6.07, 6.45) is 4.49. The van der Waals surface area contributed by atoms with Crippen molar-refractivity contribution in [3.05, 3.63) is 54.1 Å². The second-order valence-corrected chi connectivity index (χ2v) is 5.93. The summed E-state index contributed by atoms with van der Waals surface area (Å²) in [6.45, 7) is 6.69. The maximum absolute atomic E-state index is 5.76. The number of rotatable bonds is 11. The van der Waals surface area contributed by atoms with E-state index >= 15 is 0 Å². The second-order valence-electron chi connectivity index (χ2n) is 5.93. The molecule has 1 N–H and O–H groups in total. The molecule has 130 valence electrons. The quantitative estimate of drug-likeness (QED) is 0.540. The Kier molecular flexibility index (Phi) is 8.02. The van der Waals surface area contributed by atoms with Gasteiger partial charge in [0.05, 0.1) is 13.2 Å². The van der Waals surface area contributed by atoms with Gasteiger partial charge in [-0.1, -0.05) is 38.8 Å². The number of benzene rings is 2. The van der Waals surface area contributed by atoms with Crippen LogP contribution in [0.2, 0.25) is 0 Å². The van der Waals surface area contributed by atoms with Crippen LogP contribution < -0.4 is 14.8 Å². The van der Waals surface area contributed by atoms with E-state index in [1.165, 1.54) is 5.56 Å². The Hall–Kier alpha value is -2.16. The molecule has 3 nitrogen and oxygen atoms in total. The first-order chi connectivity index (χ1) is 11.8. The molecule has 0 aromatic heterocycles. The fourth-order valence-corrected chi connectivity index (χ4v) is 2.29. The van der Waals surface area contributed by atoms with Gasteiger partial charge in [0.1, 0.15) is 11.5 Å². The number of hydrogen-bond acceptors (Lipinski definition) is 3. The normalized spacial score (nSPS) is 10.4. The summed E-state index contributed by atoms with van der Waals surface area (Å²) in [4.78, 5) is 0. The summed E-state index contributed by atoms with van der Waals surface area (Å²) < 4.78 is 11.4. The van der Waals surface area contributed by atoms with Gasteiger partial charge in [-0.2, -0.15) is 0 Å². The zero-order chi connectivity index (χ0) is 17.0. The molecule has 0 aliphatic heterocycles. The molecule has 0 unspecified atom stereocenters. The van der Waals surface area contributed by atoms with Crippen molar-refractivity contribution in [2.24, 2.45) is 0 Å². The molecule has 2 aromatic carbocycles. The average Bonchev–Trinajstić information content (AvgIpc) is 2.62. The van der Waals surface area contributed by atoms with Gasteiger partial charge in [-0.15, -0.1) is 0 Å². The molecule has 0 radical (unpaired) electrons. The zero-order valence-electron chi connectivity index (χ0n) is 14.9. The Morgan fingerprint density at radius 1 is 0.792 bits per heavy atom. The van der Waals surface area contributed by atoms with Crippen LogP contribution in [0.1, 0.15) is 45.1 Å². The van der Waals surface area contributed by atoms with E-state index in [1.54, 1.807) is 0 Å². The zero-order valence-corrected chi connectivity index (χ0v) is 14.9. The fourth-order valence-electron chi connectivity index (χ4n) is 2.29. The Morgan fingerprint density at radius 3 is 2.12 bits per heavy atom. The lowest BCUT2D eigenvalue weighted by Crippen LogP contribution is -2.01. The molecule has 0 aliphatic carbocycles. The minimum atomic E-state index is 0.779. The van der Waals surface area contributed by atoms with Crippen molar-refractivity contribution >= 4 is 5.69 Å². The van der Waals surface area contributed by atoms with Crippen molar-refractivity contribution < 1.29 is 9.47 Å². The van der Waals surface area contributed by atoms with Crippen LogP contribution in [-0.2, 0) is 6.54 Å². The molecule has 0 saturated carbocycles. The van der Waals surface area contributed by atoms with Crippen molar-refractivity contribution in [2.45, 2.75) is 46.1 Å². The first kappa shape index (κ1) is 18.2. The molecule has 0 fully saturated rings. The summed E-state index contributed by atoms with van der Waals surface area (Å²) in [5, 5.41) is 3.44. The summed E-state index contributed by atoms with van der Waals surface area (Å²) in [5.41, 5.74) is 2.31. The van der Waals surface area contributed by atoms with Gasteiger partial charge in [0.15, 0.2) is 0 Å². The van der Waals surface area contributed by atoms with Gasteiger partial charge in [-0.25, -0.2) is 0 Å². The molecular formula is C21H29NO2. The smallest absolute Gasteiger partial charge is 0.119 e. The second kappa shape index (κ2) is 10.6. The van der Waals surface area contributed by atoms with E-state index in [0.717, 1.165) is 62.6 Å². The van der Waals surface area contributed by atoms with Gasteiger partial charge in [0.2, 0.25) is 0 Å². The standard InChI is InChI=1S/C21H29NO2/c1-3-5-14-23-20-12-10-19(11-13-20)22-17-18-8-7-9-21(16-18)24-15-6-4-2/h7-13,16,22H,3-6,14-15,17H2,1-2H3. The molecule has 0 heterocycles. The SMILES string of the molecule is CCCCOc1ccc(NCc2cccc(OCCCC)c2)cc1. The predicted molar refractivity (Wildman–Crippen MR) is 101 cm³/mol. The number of nitrogens with one attached hydrogen (secondary N) is 1. The van der Waals surface area contributed by atoms with E-state index in [0.29, 0.717) is 0 Å². The molecule has 0 amide bonds. The molecule has 0 spiro atoms. The van der Waals surface area contributed by atoms with Gasteiger partial charge < -0.3 is 14.8 Å². The predicted octanol–water partition coefficient (Wildman–Crippen LogP) is 5.66. The largest absolute Gasteiger partial charge is 0.494 e. The van der Waals surface area contributed by atoms with Gasteiger partial charge in [0, 0.05) is 12.2 Å². The highest BCUT2D eigenvalue weighted by atomic mass is 16.5. The van der Waals surface area contributed by atoms with Gasteiger partial charge in [-0.05, 0) is 54.8 Å². The average molecular weight is 327 g/mol. The number of ether oxygens (including phenoxy) is 2. The van der Waals surface area contributed by atoms with Gasteiger partial charge >= 0.3 is 0 Å². The monoisotopic (exact) mass is 327 g/mol. The highest BCUT2D eigenvalue weighted by Gasteiger charge is 1.99. The fraction of sp³-hybridized carbons (Fsp3) is 0.429. The highest BCUT2D eigenvalue weighted by molar-refractivity contribution is 5.47. The topological polar surface area (TPSA) is 30.5 Å². The van der Waals surface area contributed by atoms with E-state index < -0.39 is 0 Å². The third-order valence-electron chi connectivity index (χ3n) is 3.78. The lowest BCUT2D eigenvalue weighted by molar-refractivity contribution is 0.309. The maximum atomic E-state index is 5.76. The third kappa shape index (κ3) is 6.53. The summed E-state index contributed by atoms with van der Waals surface area (Å²) in [7, 11) is 0. The third-order valence-corrected chi connectivity index (χ3v) is 3.78. The molecule has 0 atom stereocenters. The minimum absolute atomic E-state index is 0.779. The molecule has 2 aromatic rings. The first-order valence-electron chi connectivity index (χ1n) is 9.00. The first-order valence-corrected chi connectivity index (χ1v) is 9.00. The van der Waals surface area contributed by atoms with Crippen molar-refractivity contribution in [1.82, 2.24) is 0 Å². The number of anilines is 1. The van der Waals surface area contributed by atoms with Crippen LogP contribution in [0.5, 0.6) is 11.5 Å². The summed E-state index contributed by atoms with van der Waals surface area (Å²) >= 11 is 0. The minimum Gasteiger partial charge on any atom is -0.494 e. The van der Waals surface area contributed by atoms with Crippen LogP contribution in [0.4, 0.5) is 5.69 Å². The van der Waals surface area contributed by atoms with Crippen LogP contribution in [0.25, 0.3) is 0 Å². The van der Waals surface area contributed by atoms with Crippen LogP contribution in [0, 0.1) is 0 Å². The van der Waals surface area contributed by atoms with Crippen molar-refractivity contribution in [2.75, 3.05) is 18.5 Å². The molecule has 0 bridgehead atoms. The molecule has 3 heteroatoms. The summed E-state index contributed by atoms with van der Waals surface area (Å²) in [5.74, 6) is 1.88. The van der Waals surface area contributed by atoms with E-state index in [9.17, 15) is 0 Å². The Morgan fingerprint density at radius 2 is 1.46 bits per heavy atom. The van der Waals surface area contributed by atoms with Crippen LogP contribution >= 0.6 is 0 Å². The van der Waals surface area contributed by atoms with Crippen molar-refractivity contribution in [3.63, 3.8) is 0 Å². The molecule has 2 rings (SSSR count). The number of hydrogen-bond donors (Lipinski definition) is 1. The molecular weight excluding hydrogens is 298 g/mol. The van der Waals surface area contributed by atoms with Crippen molar-refractivity contribution in [1.29, 1.82) is 0 Å². The lowest BCUT2D eigenvalue weighted by Gasteiger charge is -2.10. The highest BCUT2D eigenvalue weighted by Crippen LogP contribution is 2.18. The van der Waals surface area contributed by atoms with Gasteiger partial charge in [-0.3, -0.25) is 0 Å². The Balaban J connectivity index is 1.81. The van der Waals surface area contributed by atoms with E-state index in [1.807, 2.05) is 24.3 Å². The van der Waals surface area contributed by atoms with Crippen LogP contribution in [-0.4, -0.2) is 13.2 Å². The van der Waals surface area contributed by atoms with Crippen LogP contribution in [0.3, 0.4) is 0 Å². The molecule has 0 saturated heterocycles. The summed E-state index contributed by atoms with van der Waals surface area (Å²) in [6, 6.07) is 16.4. The molecule has 0 aliphatic rings. The Bertz CT molecular complexity index is 581. The van der Waals surface area contributed by atoms with Crippen molar-refractivity contribution in [3.8, 4) is 11.5 Å². The van der Waals surface area contributed by atoms with E-state index in [-0.39, 0.29) is 0 Å². The Labute approximate surface area is 146 Å². The van der Waals surface area contributed by atoms with E-state index in [4.69, 9.17) is 9.47 Å². The lowest BCUT2D eigenvalue weighted by atomic mass is 10.2.